The Morgan fingerprint density at radius 3 is 2.57 bits per heavy atom. The van der Waals surface area contributed by atoms with Crippen LogP contribution < -0.4 is 0 Å². The molecule has 0 unspecified atom stereocenters. The Labute approximate surface area is 129 Å². The molecule has 0 aliphatic carbocycles. The summed E-state index contributed by atoms with van der Waals surface area (Å²) in [6.07, 6.45) is 2.81. The van der Waals surface area contributed by atoms with Crippen LogP contribution in [0.25, 0.3) is 0 Å². The van der Waals surface area contributed by atoms with E-state index in [1.807, 2.05) is 18.2 Å². The van der Waals surface area contributed by atoms with E-state index in [9.17, 15) is 10.2 Å². The Morgan fingerprint density at radius 1 is 1.24 bits per heavy atom. The molecule has 0 bridgehead atoms. The second-order valence-corrected chi connectivity index (χ2v) is 5.56. The molecule has 2 N–H and O–H groups in total. The van der Waals surface area contributed by atoms with Gasteiger partial charge in [0.15, 0.2) is 0 Å². The highest BCUT2D eigenvalue weighted by Gasteiger charge is 2.34. The number of nitrogens with zero attached hydrogens (tertiary/aromatic N) is 3. The number of aliphatic hydroxyl groups is 2. The van der Waals surface area contributed by atoms with E-state index in [4.69, 9.17) is 11.6 Å². The van der Waals surface area contributed by atoms with Gasteiger partial charge in [-0.2, -0.15) is 5.10 Å². The maximum absolute atomic E-state index is 9.90. The zero-order chi connectivity index (χ0) is 15.3. The Morgan fingerprint density at radius 2 is 1.95 bits per heavy atom. The smallest absolute Gasteiger partial charge is 0.138 e. The molecule has 0 aliphatic rings. The van der Waals surface area contributed by atoms with Crippen molar-refractivity contribution < 1.29 is 10.2 Å². The van der Waals surface area contributed by atoms with Crippen molar-refractivity contribution in [2.24, 2.45) is 0 Å². The molecule has 2 aromatic rings. The van der Waals surface area contributed by atoms with Crippen LogP contribution in [-0.4, -0.2) is 38.2 Å². The van der Waals surface area contributed by atoms with Gasteiger partial charge in [0.1, 0.15) is 12.2 Å². The zero-order valence-corrected chi connectivity index (χ0v) is 12.8. The van der Waals surface area contributed by atoms with Crippen LogP contribution in [0.3, 0.4) is 0 Å². The quantitative estimate of drug-likeness (QED) is 0.818. The minimum absolute atomic E-state index is 0.216. The van der Waals surface area contributed by atoms with Crippen LogP contribution in [0.15, 0.2) is 30.6 Å². The van der Waals surface area contributed by atoms with E-state index < -0.39 is 5.41 Å². The molecule has 1 heterocycles. The molecule has 0 fully saturated rings. The van der Waals surface area contributed by atoms with E-state index in [2.05, 4.69) is 17.0 Å². The molecule has 0 radical (unpaired) electrons. The maximum atomic E-state index is 9.90. The average molecular weight is 310 g/mol. The molecule has 1 aromatic heterocycles. The van der Waals surface area contributed by atoms with Crippen molar-refractivity contribution in [2.45, 2.75) is 31.7 Å². The molecule has 5 nitrogen and oxygen atoms in total. The second-order valence-electron chi connectivity index (χ2n) is 5.15. The first-order chi connectivity index (χ1) is 10.2. The van der Waals surface area contributed by atoms with Crippen LogP contribution in [0, 0.1) is 0 Å². The molecule has 0 saturated heterocycles. The molecule has 1 aromatic carbocycles. The molecule has 6 heteroatoms. The van der Waals surface area contributed by atoms with Crippen LogP contribution in [0.5, 0.6) is 0 Å². The Balaban J connectivity index is 2.39. The van der Waals surface area contributed by atoms with Crippen molar-refractivity contribution in [3.63, 3.8) is 0 Å². The summed E-state index contributed by atoms with van der Waals surface area (Å²) in [4.78, 5) is 4.26. The normalized spacial score (nSPS) is 11.8. The van der Waals surface area contributed by atoms with Crippen LogP contribution in [0.2, 0.25) is 5.02 Å². The standard InChI is InChI=1S/C15H20ClN3O2/c1-2-7-19-14(17-11-18-19)8-15(9-20,10-21)12-5-3-4-6-13(12)16/h3-6,11,20-21H,2,7-10H2,1H3. The van der Waals surface area contributed by atoms with Gasteiger partial charge in [0.25, 0.3) is 0 Å². The monoisotopic (exact) mass is 309 g/mol. The van der Waals surface area contributed by atoms with E-state index >= 15 is 0 Å². The summed E-state index contributed by atoms with van der Waals surface area (Å²) in [6.45, 7) is 2.38. The van der Waals surface area contributed by atoms with Gasteiger partial charge in [0.2, 0.25) is 0 Å². The van der Waals surface area contributed by atoms with Gasteiger partial charge in [-0.25, -0.2) is 4.98 Å². The van der Waals surface area contributed by atoms with Crippen molar-refractivity contribution in [3.8, 4) is 0 Å². The third-order valence-electron chi connectivity index (χ3n) is 3.68. The Kier molecular flexibility index (Phi) is 5.33. The van der Waals surface area contributed by atoms with Gasteiger partial charge < -0.3 is 10.2 Å². The predicted octanol–water partition coefficient (Wildman–Crippen LogP) is 1.81. The summed E-state index contributed by atoms with van der Waals surface area (Å²) in [5, 5.41) is 24.5. The fraction of sp³-hybridized carbons (Fsp3) is 0.467. The first-order valence-corrected chi connectivity index (χ1v) is 7.38. The SMILES string of the molecule is CCCn1ncnc1CC(CO)(CO)c1ccccc1Cl. The topological polar surface area (TPSA) is 71.2 Å². The highest BCUT2D eigenvalue weighted by atomic mass is 35.5. The third-order valence-corrected chi connectivity index (χ3v) is 4.01. The van der Waals surface area contributed by atoms with Crippen LogP contribution in [-0.2, 0) is 18.4 Å². The number of benzene rings is 1. The molecule has 0 saturated carbocycles. The molecule has 114 valence electrons. The minimum Gasteiger partial charge on any atom is -0.395 e. The van der Waals surface area contributed by atoms with E-state index in [1.54, 1.807) is 10.7 Å². The lowest BCUT2D eigenvalue weighted by molar-refractivity contribution is 0.113. The summed E-state index contributed by atoms with van der Waals surface area (Å²) in [5.41, 5.74) is -0.139. The summed E-state index contributed by atoms with van der Waals surface area (Å²) in [5.74, 6) is 0.736. The van der Waals surface area contributed by atoms with Crippen LogP contribution in [0.1, 0.15) is 24.7 Å². The molecular formula is C15H20ClN3O2. The van der Waals surface area contributed by atoms with E-state index in [0.29, 0.717) is 11.4 Å². The number of aryl methyl sites for hydroxylation is 1. The summed E-state index contributed by atoms with van der Waals surface area (Å²) >= 11 is 6.24. The lowest BCUT2D eigenvalue weighted by Gasteiger charge is -2.30. The van der Waals surface area contributed by atoms with Crippen molar-refractivity contribution in [2.75, 3.05) is 13.2 Å². The molecule has 21 heavy (non-hydrogen) atoms. The Hall–Kier alpha value is -1.43. The molecular weight excluding hydrogens is 290 g/mol. The third kappa shape index (κ3) is 3.26. The fourth-order valence-electron chi connectivity index (χ4n) is 2.44. The summed E-state index contributed by atoms with van der Waals surface area (Å²) in [6, 6.07) is 7.26. The van der Waals surface area contributed by atoms with E-state index in [-0.39, 0.29) is 13.2 Å². The van der Waals surface area contributed by atoms with Crippen molar-refractivity contribution >= 4 is 11.6 Å². The molecule has 0 spiro atoms. The summed E-state index contributed by atoms with van der Waals surface area (Å²) < 4.78 is 1.80. The average Bonchev–Trinajstić information content (AvgIpc) is 2.93. The molecule has 0 amide bonds. The van der Waals surface area contributed by atoms with Gasteiger partial charge >= 0.3 is 0 Å². The number of hydrogen-bond donors (Lipinski definition) is 2. The molecule has 0 aliphatic heterocycles. The minimum atomic E-state index is -0.864. The van der Waals surface area contributed by atoms with Crippen molar-refractivity contribution in [1.29, 1.82) is 0 Å². The van der Waals surface area contributed by atoms with Crippen LogP contribution >= 0.6 is 11.6 Å². The van der Waals surface area contributed by atoms with Gasteiger partial charge in [-0.05, 0) is 18.1 Å². The van der Waals surface area contributed by atoms with Crippen molar-refractivity contribution in [1.82, 2.24) is 14.8 Å². The first-order valence-electron chi connectivity index (χ1n) is 7.00. The number of aromatic nitrogens is 3. The Bertz CT molecular complexity index is 582. The lowest BCUT2D eigenvalue weighted by atomic mass is 9.78. The second kappa shape index (κ2) is 7.02. The zero-order valence-electron chi connectivity index (χ0n) is 12.0. The first kappa shape index (κ1) is 15.9. The number of aliphatic hydroxyl groups excluding tert-OH is 2. The van der Waals surface area contributed by atoms with Crippen LogP contribution in [0.4, 0.5) is 0 Å². The van der Waals surface area contributed by atoms with Crippen molar-refractivity contribution in [3.05, 3.63) is 47.0 Å². The van der Waals surface area contributed by atoms with Gasteiger partial charge in [0.05, 0.1) is 18.6 Å². The van der Waals surface area contributed by atoms with Gasteiger partial charge in [0, 0.05) is 18.0 Å². The molecule has 0 atom stereocenters. The highest BCUT2D eigenvalue weighted by molar-refractivity contribution is 6.31. The fourth-order valence-corrected chi connectivity index (χ4v) is 2.78. The summed E-state index contributed by atoms with van der Waals surface area (Å²) in [7, 11) is 0. The maximum Gasteiger partial charge on any atom is 0.138 e. The van der Waals surface area contributed by atoms with Gasteiger partial charge in [-0.15, -0.1) is 0 Å². The van der Waals surface area contributed by atoms with E-state index in [1.165, 1.54) is 6.33 Å². The van der Waals surface area contributed by atoms with Gasteiger partial charge in [-0.3, -0.25) is 4.68 Å². The van der Waals surface area contributed by atoms with Gasteiger partial charge in [-0.1, -0.05) is 36.7 Å². The molecule has 2 rings (SSSR count). The van der Waals surface area contributed by atoms with E-state index in [0.717, 1.165) is 24.4 Å². The largest absolute Gasteiger partial charge is 0.395 e. The number of rotatable bonds is 7. The highest BCUT2D eigenvalue weighted by Crippen LogP contribution is 2.32. The number of halogens is 1. The lowest BCUT2D eigenvalue weighted by Crippen LogP contribution is -2.38. The number of hydrogen-bond acceptors (Lipinski definition) is 4. The predicted molar refractivity (Wildman–Crippen MR) is 81.3 cm³/mol.